The molecule has 0 aliphatic carbocycles. The number of nitrogens with zero attached hydrogens (tertiary/aromatic N) is 1. The number of rotatable bonds is 2. The van der Waals surface area contributed by atoms with Gasteiger partial charge in [-0.1, -0.05) is 12.1 Å². The molecule has 2 aromatic rings. The van der Waals surface area contributed by atoms with E-state index in [0.29, 0.717) is 5.16 Å². The molecule has 17 heavy (non-hydrogen) atoms. The molecule has 1 aliphatic rings. The maximum Gasteiger partial charge on any atom is 0.197 e. The summed E-state index contributed by atoms with van der Waals surface area (Å²) in [5, 5.41) is 4.02. The Bertz CT molecular complexity index is 503. The number of halogens is 1. The lowest BCUT2D eigenvalue weighted by Gasteiger charge is -2.04. The molecule has 0 unspecified atom stereocenters. The van der Waals surface area contributed by atoms with E-state index in [-0.39, 0.29) is 17.7 Å². The summed E-state index contributed by atoms with van der Waals surface area (Å²) in [6.45, 7) is 1.78. The molecule has 0 radical (unpaired) electrons. The molecule has 2 heterocycles. The van der Waals surface area contributed by atoms with Crippen LogP contribution in [0.1, 0.15) is 6.42 Å². The summed E-state index contributed by atoms with van der Waals surface area (Å²) < 4.78 is 12.2. The summed E-state index contributed by atoms with van der Waals surface area (Å²) >= 11 is 0. The number of nitrogens with one attached hydrogen (secondary N) is 2. The Morgan fingerprint density at radius 3 is 2.88 bits per heavy atom. The van der Waals surface area contributed by atoms with Gasteiger partial charge in [-0.05, 0) is 25.1 Å². The molecule has 1 aromatic heterocycles. The first-order valence-electron chi connectivity index (χ1n) is 5.40. The molecule has 0 amide bonds. The number of H-pyrrole nitrogens is 1. The molecule has 2 atom stereocenters. The van der Waals surface area contributed by atoms with Crippen molar-refractivity contribution in [2.45, 2.75) is 16.8 Å². The minimum Gasteiger partial charge on any atom is -0.331 e. The minimum absolute atomic E-state index is 0. The molecule has 0 saturated carbocycles. The predicted molar refractivity (Wildman–Crippen MR) is 71.0 cm³/mol. The average Bonchev–Trinajstić information content (AvgIpc) is 2.97. The van der Waals surface area contributed by atoms with Crippen molar-refractivity contribution in [1.82, 2.24) is 15.3 Å². The maximum absolute atomic E-state index is 12.2. The van der Waals surface area contributed by atoms with Crippen molar-refractivity contribution in [2.24, 2.45) is 0 Å². The standard InChI is InChI=1S/C11H13N3OS.ClH/c15-16(8-5-6-12-7-8)11-13-9-3-1-2-4-10(9)14-11;/h1-4,8,12H,5-7H2,(H,13,14);1H/t8-,16+;/m0./s1. The zero-order chi connectivity index (χ0) is 11.0. The van der Waals surface area contributed by atoms with Crippen LogP contribution in [0.4, 0.5) is 0 Å². The van der Waals surface area contributed by atoms with Gasteiger partial charge in [0.1, 0.15) is 0 Å². The first-order valence-corrected chi connectivity index (χ1v) is 6.62. The summed E-state index contributed by atoms with van der Waals surface area (Å²) in [6.07, 6.45) is 0.962. The topological polar surface area (TPSA) is 57.8 Å². The van der Waals surface area contributed by atoms with Crippen molar-refractivity contribution in [3.63, 3.8) is 0 Å². The van der Waals surface area contributed by atoms with Crippen molar-refractivity contribution in [3.8, 4) is 0 Å². The number of hydrogen-bond donors (Lipinski definition) is 2. The van der Waals surface area contributed by atoms with Crippen LogP contribution in [0.15, 0.2) is 29.4 Å². The molecule has 6 heteroatoms. The number of para-hydroxylation sites is 2. The number of fused-ring (bicyclic) bond motifs is 1. The lowest BCUT2D eigenvalue weighted by molar-refractivity contribution is 0.666. The molecule has 3 rings (SSSR count). The highest BCUT2D eigenvalue weighted by molar-refractivity contribution is 7.85. The quantitative estimate of drug-likeness (QED) is 0.869. The molecule has 92 valence electrons. The normalized spacial score (nSPS) is 21.3. The zero-order valence-electron chi connectivity index (χ0n) is 9.18. The number of benzene rings is 1. The van der Waals surface area contributed by atoms with Gasteiger partial charge >= 0.3 is 0 Å². The molecule has 2 N–H and O–H groups in total. The first-order chi connectivity index (χ1) is 7.84. The van der Waals surface area contributed by atoms with Gasteiger partial charge < -0.3 is 10.3 Å². The third kappa shape index (κ3) is 2.36. The van der Waals surface area contributed by atoms with Crippen molar-refractivity contribution in [1.29, 1.82) is 0 Å². The SMILES string of the molecule is Cl.O=[S@@](c1nc2ccccc2[nH]1)[C@H]1CCNC1. The molecule has 1 aliphatic heterocycles. The van der Waals surface area contributed by atoms with Gasteiger partial charge in [0.2, 0.25) is 0 Å². The number of hydrogen-bond acceptors (Lipinski definition) is 3. The maximum atomic E-state index is 12.2. The summed E-state index contributed by atoms with van der Waals surface area (Å²) in [5.41, 5.74) is 1.84. The molecule has 0 spiro atoms. The zero-order valence-corrected chi connectivity index (χ0v) is 10.8. The Morgan fingerprint density at radius 2 is 2.18 bits per heavy atom. The summed E-state index contributed by atoms with van der Waals surface area (Å²) in [5.74, 6) is 0. The van der Waals surface area contributed by atoms with E-state index in [1.807, 2.05) is 24.3 Å². The van der Waals surface area contributed by atoms with E-state index in [9.17, 15) is 4.21 Å². The van der Waals surface area contributed by atoms with E-state index >= 15 is 0 Å². The van der Waals surface area contributed by atoms with E-state index in [4.69, 9.17) is 0 Å². The van der Waals surface area contributed by atoms with Crippen LogP contribution < -0.4 is 5.32 Å². The van der Waals surface area contributed by atoms with Crippen LogP contribution in [0.5, 0.6) is 0 Å². The van der Waals surface area contributed by atoms with Gasteiger partial charge in [-0.15, -0.1) is 12.4 Å². The molecule has 0 bridgehead atoms. The van der Waals surface area contributed by atoms with Crippen LogP contribution in [0.3, 0.4) is 0 Å². The van der Waals surface area contributed by atoms with E-state index in [1.165, 1.54) is 0 Å². The third-order valence-electron chi connectivity index (χ3n) is 2.88. The van der Waals surface area contributed by atoms with Crippen molar-refractivity contribution < 1.29 is 4.21 Å². The van der Waals surface area contributed by atoms with Gasteiger partial charge in [0.25, 0.3) is 0 Å². The van der Waals surface area contributed by atoms with E-state index < -0.39 is 10.8 Å². The fourth-order valence-corrected chi connectivity index (χ4v) is 3.31. The molecular formula is C11H14ClN3OS. The first kappa shape index (κ1) is 12.5. The van der Waals surface area contributed by atoms with E-state index in [2.05, 4.69) is 15.3 Å². The Kier molecular flexibility index (Phi) is 3.81. The second-order valence-corrected chi connectivity index (χ2v) is 5.62. The Morgan fingerprint density at radius 1 is 1.35 bits per heavy atom. The number of aromatic amines is 1. The number of imidazole rings is 1. The van der Waals surface area contributed by atoms with Crippen LogP contribution in [-0.2, 0) is 10.8 Å². The number of aromatic nitrogens is 2. The highest BCUT2D eigenvalue weighted by Crippen LogP contribution is 2.17. The second kappa shape index (κ2) is 5.16. The lowest BCUT2D eigenvalue weighted by atomic mass is 10.3. The largest absolute Gasteiger partial charge is 0.331 e. The molecule has 1 saturated heterocycles. The smallest absolute Gasteiger partial charge is 0.197 e. The Balaban J connectivity index is 0.00000108. The Hall–Kier alpha value is -0.910. The summed E-state index contributed by atoms with van der Waals surface area (Å²) in [4.78, 5) is 7.51. The van der Waals surface area contributed by atoms with Gasteiger partial charge in [-0.25, -0.2) is 4.98 Å². The summed E-state index contributed by atoms with van der Waals surface area (Å²) in [7, 11) is -1.02. The predicted octanol–water partition coefficient (Wildman–Crippen LogP) is 1.45. The molecule has 1 fully saturated rings. The van der Waals surface area contributed by atoms with Crippen LogP contribution in [0.2, 0.25) is 0 Å². The van der Waals surface area contributed by atoms with E-state index in [1.54, 1.807) is 0 Å². The fourth-order valence-electron chi connectivity index (χ4n) is 1.99. The van der Waals surface area contributed by atoms with Gasteiger partial charge in [-0.2, -0.15) is 0 Å². The fraction of sp³-hybridized carbons (Fsp3) is 0.364. The lowest BCUT2D eigenvalue weighted by Crippen LogP contribution is -2.19. The molecular weight excluding hydrogens is 258 g/mol. The third-order valence-corrected chi connectivity index (χ3v) is 4.46. The Labute approximate surface area is 108 Å². The van der Waals surface area contributed by atoms with E-state index in [0.717, 1.165) is 30.5 Å². The highest BCUT2D eigenvalue weighted by atomic mass is 35.5. The highest BCUT2D eigenvalue weighted by Gasteiger charge is 2.24. The van der Waals surface area contributed by atoms with Crippen LogP contribution in [0.25, 0.3) is 11.0 Å². The van der Waals surface area contributed by atoms with Crippen LogP contribution >= 0.6 is 12.4 Å². The van der Waals surface area contributed by atoms with Crippen molar-refractivity contribution in [3.05, 3.63) is 24.3 Å². The van der Waals surface area contributed by atoms with Gasteiger partial charge in [-0.3, -0.25) is 4.21 Å². The van der Waals surface area contributed by atoms with Crippen molar-refractivity contribution >= 4 is 34.2 Å². The van der Waals surface area contributed by atoms with Gasteiger partial charge in [0.15, 0.2) is 5.16 Å². The summed E-state index contributed by atoms with van der Waals surface area (Å²) in [6, 6.07) is 7.77. The molecule has 1 aromatic carbocycles. The van der Waals surface area contributed by atoms with Gasteiger partial charge in [0.05, 0.1) is 27.1 Å². The monoisotopic (exact) mass is 271 g/mol. The molecule has 4 nitrogen and oxygen atoms in total. The minimum atomic E-state index is -1.02. The van der Waals surface area contributed by atoms with Crippen molar-refractivity contribution in [2.75, 3.05) is 13.1 Å². The second-order valence-electron chi connectivity index (χ2n) is 3.97. The van der Waals surface area contributed by atoms with Crippen LogP contribution in [-0.4, -0.2) is 32.5 Å². The average molecular weight is 272 g/mol. The van der Waals surface area contributed by atoms with Crippen LogP contribution in [0, 0.1) is 0 Å². The van der Waals surface area contributed by atoms with Gasteiger partial charge in [0, 0.05) is 6.54 Å².